The number of anilines is 2. The first-order valence-electron chi connectivity index (χ1n) is 10.1. The highest BCUT2D eigenvalue weighted by molar-refractivity contribution is 7.99. The number of ether oxygens (including phenoxy) is 1. The first-order valence-corrected chi connectivity index (χ1v) is 11.6. The molecule has 5 rings (SSSR count). The number of furan rings is 1. The van der Waals surface area contributed by atoms with Gasteiger partial charge in [-0.1, -0.05) is 47.1 Å². The summed E-state index contributed by atoms with van der Waals surface area (Å²) in [5.74, 6) is 1.59. The zero-order valence-electron chi connectivity index (χ0n) is 17.4. The third kappa shape index (κ3) is 4.27. The standard InChI is InChI=1S/C26H17Cl2NO3S/c1-31-23-10-6-16(14-19(23)28)22-11-8-18(32-22)9-13-26(30)29-20-4-2-3-5-24(20)33-25-12-7-17(27)15-21(25)29/h2-15H,1H3/b13-9+. The Morgan fingerprint density at radius 1 is 0.970 bits per heavy atom. The van der Waals surface area contributed by atoms with Crippen LogP contribution in [0.1, 0.15) is 5.76 Å². The molecule has 1 aliphatic rings. The van der Waals surface area contributed by atoms with Crippen LogP contribution in [0.15, 0.2) is 93.1 Å². The molecule has 0 N–H and O–H groups in total. The zero-order chi connectivity index (χ0) is 22.9. The second-order valence-electron chi connectivity index (χ2n) is 7.24. The Morgan fingerprint density at radius 3 is 2.61 bits per heavy atom. The van der Waals surface area contributed by atoms with Gasteiger partial charge in [0.25, 0.3) is 5.91 Å². The van der Waals surface area contributed by atoms with Gasteiger partial charge in [-0.3, -0.25) is 9.69 Å². The van der Waals surface area contributed by atoms with Crippen molar-refractivity contribution in [2.75, 3.05) is 12.0 Å². The SMILES string of the molecule is COc1ccc(-c2ccc(/C=C/C(=O)N3c4ccccc4Sc4ccc(Cl)cc43)o2)cc1Cl. The van der Waals surface area contributed by atoms with Crippen LogP contribution >= 0.6 is 35.0 Å². The van der Waals surface area contributed by atoms with Crippen LogP contribution < -0.4 is 9.64 Å². The number of rotatable bonds is 4. The Labute approximate surface area is 205 Å². The van der Waals surface area contributed by atoms with Gasteiger partial charge in [0.15, 0.2) is 0 Å². The maximum Gasteiger partial charge on any atom is 0.255 e. The average molecular weight is 494 g/mol. The molecule has 2 heterocycles. The topological polar surface area (TPSA) is 42.7 Å². The van der Waals surface area contributed by atoms with Crippen LogP contribution in [0.2, 0.25) is 10.0 Å². The molecule has 4 aromatic rings. The molecular weight excluding hydrogens is 477 g/mol. The first-order chi connectivity index (χ1) is 16.0. The van der Waals surface area contributed by atoms with E-state index in [-0.39, 0.29) is 5.91 Å². The molecule has 0 unspecified atom stereocenters. The fourth-order valence-corrected chi connectivity index (χ4v) is 5.07. The van der Waals surface area contributed by atoms with Crippen molar-refractivity contribution in [1.82, 2.24) is 0 Å². The van der Waals surface area contributed by atoms with E-state index in [2.05, 4.69) is 0 Å². The predicted octanol–water partition coefficient (Wildman–Crippen LogP) is 8.10. The first kappa shape index (κ1) is 21.7. The van der Waals surface area contributed by atoms with Gasteiger partial charge in [0, 0.05) is 26.5 Å². The number of methoxy groups -OCH3 is 1. The van der Waals surface area contributed by atoms with Gasteiger partial charge >= 0.3 is 0 Å². The molecule has 1 aromatic heterocycles. The number of hydrogen-bond acceptors (Lipinski definition) is 4. The number of fused-ring (bicyclic) bond motifs is 2. The molecule has 33 heavy (non-hydrogen) atoms. The van der Waals surface area contributed by atoms with Crippen molar-refractivity contribution in [2.45, 2.75) is 9.79 Å². The minimum absolute atomic E-state index is 0.197. The van der Waals surface area contributed by atoms with Gasteiger partial charge in [-0.2, -0.15) is 0 Å². The lowest BCUT2D eigenvalue weighted by Crippen LogP contribution is -2.26. The van der Waals surface area contributed by atoms with E-state index < -0.39 is 0 Å². The summed E-state index contributed by atoms with van der Waals surface area (Å²) in [6.07, 6.45) is 3.16. The van der Waals surface area contributed by atoms with Gasteiger partial charge < -0.3 is 9.15 Å². The maximum atomic E-state index is 13.3. The number of carbonyl (C=O) groups is 1. The van der Waals surface area contributed by atoms with E-state index in [0.717, 1.165) is 26.7 Å². The molecule has 1 aliphatic heterocycles. The van der Waals surface area contributed by atoms with E-state index in [4.69, 9.17) is 32.4 Å². The summed E-state index contributed by atoms with van der Waals surface area (Å²) >= 11 is 14.1. The summed E-state index contributed by atoms with van der Waals surface area (Å²) in [5, 5.41) is 1.07. The lowest BCUT2D eigenvalue weighted by Gasteiger charge is -2.30. The Balaban J connectivity index is 1.43. The molecule has 7 heteroatoms. The van der Waals surface area contributed by atoms with Crippen molar-refractivity contribution < 1.29 is 13.9 Å². The summed E-state index contributed by atoms with van der Waals surface area (Å²) in [6.45, 7) is 0. The Bertz CT molecular complexity index is 1400. The number of amides is 1. The van der Waals surface area contributed by atoms with Gasteiger partial charge in [0.2, 0.25) is 0 Å². The molecule has 0 saturated carbocycles. The predicted molar refractivity (Wildman–Crippen MR) is 134 cm³/mol. The van der Waals surface area contributed by atoms with E-state index >= 15 is 0 Å². The summed E-state index contributed by atoms with van der Waals surface area (Å²) in [7, 11) is 1.57. The molecule has 4 nitrogen and oxygen atoms in total. The Kier molecular flexibility index (Phi) is 5.94. The van der Waals surface area contributed by atoms with Crippen LogP contribution in [-0.2, 0) is 4.79 Å². The third-order valence-corrected chi connectivity index (χ3v) is 6.82. The van der Waals surface area contributed by atoms with Gasteiger partial charge in [-0.25, -0.2) is 0 Å². The van der Waals surface area contributed by atoms with Crippen molar-refractivity contribution in [3.63, 3.8) is 0 Å². The Hall–Kier alpha value is -3.12. The van der Waals surface area contributed by atoms with E-state index in [1.165, 1.54) is 6.08 Å². The summed E-state index contributed by atoms with van der Waals surface area (Å²) in [6, 6.07) is 22.4. The number of benzene rings is 3. The highest BCUT2D eigenvalue weighted by atomic mass is 35.5. The van der Waals surface area contributed by atoms with Gasteiger partial charge in [-0.05, 0) is 66.7 Å². The molecule has 0 bridgehead atoms. The maximum absolute atomic E-state index is 13.3. The minimum Gasteiger partial charge on any atom is -0.495 e. The van der Waals surface area contributed by atoms with E-state index in [0.29, 0.717) is 27.3 Å². The van der Waals surface area contributed by atoms with Gasteiger partial charge in [-0.15, -0.1) is 0 Å². The van der Waals surface area contributed by atoms with Crippen LogP contribution in [-0.4, -0.2) is 13.0 Å². The molecular formula is C26H17Cl2NO3S. The number of nitrogens with zero attached hydrogens (tertiary/aromatic N) is 1. The van der Waals surface area contributed by atoms with Crippen LogP contribution in [0.25, 0.3) is 17.4 Å². The van der Waals surface area contributed by atoms with Crippen molar-refractivity contribution >= 4 is 58.3 Å². The second kappa shape index (κ2) is 9.02. The molecule has 0 atom stereocenters. The minimum atomic E-state index is -0.197. The van der Waals surface area contributed by atoms with E-state index in [1.54, 1.807) is 42.0 Å². The number of carbonyl (C=O) groups excluding carboxylic acids is 1. The second-order valence-corrected chi connectivity index (χ2v) is 9.17. The molecule has 0 saturated heterocycles. The normalized spacial score (nSPS) is 12.5. The number of para-hydroxylation sites is 1. The zero-order valence-corrected chi connectivity index (χ0v) is 19.7. The molecule has 1 amide bonds. The van der Waals surface area contributed by atoms with Crippen molar-refractivity contribution in [3.8, 4) is 17.1 Å². The van der Waals surface area contributed by atoms with Crippen molar-refractivity contribution in [3.05, 3.63) is 94.7 Å². The van der Waals surface area contributed by atoms with Crippen LogP contribution in [0.4, 0.5) is 11.4 Å². The lowest BCUT2D eigenvalue weighted by atomic mass is 10.1. The van der Waals surface area contributed by atoms with E-state index in [1.807, 2.05) is 60.7 Å². The molecule has 3 aromatic carbocycles. The van der Waals surface area contributed by atoms with Crippen LogP contribution in [0.3, 0.4) is 0 Å². The Morgan fingerprint density at radius 2 is 1.79 bits per heavy atom. The average Bonchev–Trinajstić information content (AvgIpc) is 3.30. The van der Waals surface area contributed by atoms with Crippen molar-refractivity contribution in [1.29, 1.82) is 0 Å². The fourth-order valence-electron chi connectivity index (χ4n) is 3.61. The number of hydrogen-bond donors (Lipinski definition) is 0. The molecule has 0 spiro atoms. The van der Waals surface area contributed by atoms with Crippen LogP contribution in [0.5, 0.6) is 5.75 Å². The molecule has 0 aliphatic carbocycles. The van der Waals surface area contributed by atoms with Crippen LogP contribution in [0, 0.1) is 0 Å². The van der Waals surface area contributed by atoms with E-state index in [9.17, 15) is 4.79 Å². The van der Waals surface area contributed by atoms with Crippen molar-refractivity contribution in [2.24, 2.45) is 0 Å². The van der Waals surface area contributed by atoms with Gasteiger partial charge in [0.05, 0.1) is 23.5 Å². The largest absolute Gasteiger partial charge is 0.495 e. The summed E-state index contributed by atoms with van der Waals surface area (Å²) in [5.41, 5.74) is 2.39. The lowest BCUT2D eigenvalue weighted by molar-refractivity contribution is -0.113. The quantitative estimate of drug-likeness (QED) is 0.269. The molecule has 0 radical (unpaired) electrons. The molecule has 0 fully saturated rings. The summed E-state index contributed by atoms with van der Waals surface area (Å²) in [4.78, 5) is 17.0. The highest BCUT2D eigenvalue weighted by Crippen LogP contribution is 2.48. The monoisotopic (exact) mass is 493 g/mol. The summed E-state index contributed by atoms with van der Waals surface area (Å²) < 4.78 is 11.1. The van der Waals surface area contributed by atoms with Gasteiger partial charge in [0.1, 0.15) is 17.3 Å². The molecule has 164 valence electrons. The fraction of sp³-hybridized carbons (Fsp3) is 0.0385. The highest BCUT2D eigenvalue weighted by Gasteiger charge is 2.27. The third-order valence-electron chi connectivity index (χ3n) is 5.16. The smallest absolute Gasteiger partial charge is 0.255 e. The number of halogens is 2.